The van der Waals surface area contributed by atoms with Crippen molar-refractivity contribution in [2.45, 2.75) is 39.3 Å². The van der Waals surface area contributed by atoms with Gasteiger partial charge in [-0.05, 0) is 52.0 Å². The van der Waals surface area contributed by atoms with Crippen molar-refractivity contribution in [3.63, 3.8) is 0 Å². The van der Waals surface area contributed by atoms with Crippen molar-refractivity contribution >= 4 is 17.3 Å². The van der Waals surface area contributed by atoms with E-state index in [-0.39, 0.29) is 24.4 Å². The van der Waals surface area contributed by atoms with Crippen molar-refractivity contribution < 1.29 is 18.7 Å². The van der Waals surface area contributed by atoms with Crippen LogP contribution in [-0.2, 0) is 4.79 Å². The Balaban J connectivity index is 1.94. The number of methoxy groups -OCH3 is 1. The van der Waals surface area contributed by atoms with Crippen molar-refractivity contribution in [3.05, 3.63) is 47.8 Å². The predicted molar refractivity (Wildman–Crippen MR) is 109 cm³/mol. The summed E-state index contributed by atoms with van der Waals surface area (Å²) in [5.41, 5.74) is 0.706. The molecule has 0 spiro atoms. The van der Waals surface area contributed by atoms with Gasteiger partial charge in [-0.2, -0.15) is 5.26 Å². The zero-order valence-electron chi connectivity index (χ0n) is 17.2. The highest BCUT2D eigenvalue weighted by molar-refractivity contribution is 6.05. The van der Waals surface area contributed by atoms with Crippen LogP contribution in [0.15, 0.2) is 36.4 Å². The van der Waals surface area contributed by atoms with Crippen LogP contribution in [0.5, 0.6) is 11.5 Å². The fraction of sp³-hybridized carbons (Fsp3) is 0.364. The van der Waals surface area contributed by atoms with Gasteiger partial charge in [0.05, 0.1) is 25.4 Å². The van der Waals surface area contributed by atoms with Gasteiger partial charge in [0.1, 0.15) is 17.4 Å². The van der Waals surface area contributed by atoms with E-state index < -0.39 is 11.4 Å². The summed E-state index contributed by atoms with van der Waals surface area (Å²) >= 11 is 0. The number of nitriles is 1. The molecule has 0 bridgehead atoms. The molecule has 2 aromatic rings. The van der Waals surface area contributed by atoms with E-state index in [2.05, 4.69) is 6.07 Å². The first-order valence-electron chi connectivity index (χ1n) is 9.33. The normalized spacial score (nSPS) is 15.6. The number of carbonyl (C=O) groups excluding carboxylic acids is 1. The summed E-state index contributed by atoms with van der Waals surface area (Å²) in [6, 6.07) is 11.8. The number of hydrogen-bond acceptors (Lipinski definition) is 5. The molecule has 1 aliphatic rings. The largest absolute Gasteiger partial charge is 0.495 e. The van der Waals surface area contributed by atoms with Crippen LogP contribution >= 0.6 is 0 Å². The van der Waals surface area contributed by atoms with Gasteiger partial charge in [0, 0.05) is 23.5 Å². The quantitative estimate of drug-likeness (QED) is 0.761. The Bertz CT molecular complexity index is 982. The predicted octanol–water partition coefficient (Wildman–Crippen LogP) is 4.08. The summed E-state index contributed by atoms with van der Waals surface area (Å²) in [4.78, 5) is 16.6. The van der Waals surface area contributed by atoms with Crippen molar-refractivity contribution in [2.24, 2.45) is 0 Å². The molecule has 6 nitrogen and oxygen atoms in total. The highest BCUT2D eigenvalue weighted by atomic mass is 19.1. The third kappa shape index (κ3) is 3.70. The zero-order chi connectivity index (χ0) is 21.3. The molecule has 0 radical (unpaired) electrons. The molecule has 29 heavy (non-hydrogen) atoms. The molecule has 0 saturated carbocycles. The number of ether oxygens (including phenoxy) is 2. The zero-order valence-corrected chi connectivity index (χ0v) is 17.2. The molecule has 0 aliphatic carbocycles. The van der Waals surface area contributed by atoms with E-state index in [9.17, 15) is 14.4 Å². The molecule has 1 heterocycles. The van der Waals surface area contributed by atoms with Crippen molar-refractivity contribution in [1.29, 1.82) is 5.26 Å². The number of benzene rings is 2. The van der Waals surface area contributed by atoms with E-state index in [1.165, 1.54) is 13.2 Å². The SMILES string of the molecule is COc1cc(N2CN(c3ccc(OC(C)C)c(F)c3)C(C)(C)C2=O)ccc1C#N. The van der Waals surface area contributed by atoms with Crippen LogP contribution in [0.25, 0.3) is 0 Å². The second kappa shape index (κ2) is 7.63. The van der Waals surface area contributed by atoms with E-state index in [4.69, 9.17) is 9.47 Å². The first-order valence-corrected chi connectivity index (χ1v) is 9.33. The van der Waals surface area contributed by atoms with Crippen LogP contribution in [0.1, 0.15) is 33.3 Å². The number of carbonyl (C=O) groups is 1. The van der Waals surface area contributed by atoms with Gasteiger partial charge in [-0.25, -0.2) is 4.39 Å². The van der Waals surface area contributed by atoms with Crippen LogP contribution in [0.4, 0.5) is 15.8 Å². The molecule has 0 N–H and O–H groups in total. The minimum absolute atomic E-state index is 0.132. The van der Waals surface area contributed by atoms with E-state index in [1.807, 2.05) is 18.7 Å². The third-order valence-corrected chi connectivity index (χ3v) is 4.93. The number of nitrogens with zero attached hydrogens (tertiary/aromatic N) is 3. The number of anilines is 2. The number of rotatable bonds is 5. The van der Waals surface area contributed by atoms with Crippen LogP contribution in [-0.4, -0.2) is 31.3 Å². The highest BCUT2D eigenvalue weighted by Crippen LogP contribution is 2.37. The summed E-state index contributed by atoms with van der Waals surface area (Å²) < 4.78 is 25.2. The van der Waals surface area contributed by atoms with Crippen molar-refractivity contribution in [1.82, 2.24) is 0 Å². The summed E-state index contributed by atoms with van der Waals surface area (Å²) in [6.07, 6.45) is -0.137. The smallest absolute Gasteiger partial charge is 0.253 e. The highest BCUT2D eigenvalue weighted by Gasteiger charge is 2.46. The molecule has 3 rings (SSSR count). The average Bonchev–Trinajstić information content (AvgIpc) is 2.92. The molecule has 0 atom stereocenters. The second-order valence-electron chi connectivity index (χ2n) is 7.64. The molecule has 0 unspecified atom stereocenters. The van der Waals surface area contributed by atoms with Gasteiger partial charge < -0.3 is 14.4 Å². The lowest BCUT2D eigenvalue weighted by Crippen LogP contribution is -2.43. The third-order valence-electron chi connectivity index (χ3n) is 4.93. The van der Waals surface area contributed by atoms with Gasteiger partial charge in [-0.3, -0.25) is 9.69 Å². The van der Waals surface area contributed by atoms with Crippen LogP contribution in [0, 0.1) is 17.1 Å². The van der Waals surface area contributed by atoms with Gasteiger partial charge in [0.2, 0.25) is 0 Å². The van der Waals surface area contributed by atoms with Gasteiger partial charge in [-0.1, -0.05) is 0 Å². The molecule has 1 fully saturated rings. The van der Waals surface area contributed by atoms with Gasteiger partial charge in [-0.15, -0.1) is 0 Å². The lowest BCUT2D eigenvalue weighted by Gasteiger charge is -2.30. The van der Waals surface area contributed by atoms with E-state index in [0.29, 0.717) is 22.7 Å². The second-order valence-corrected chi connectivity index (χ2v) is 7.64. The molecule has 2 aromatic carbocycles. The molecule has 7 heteroatoms. The maximum Gasteiger partial charge on any atom is 0.253 e. The minimum atomic E-state index is -0.881. The summed E-state index contributed by atoms with van der Waals surface area (Å²) in [5, 5.41) is 9.17. The number of halogens is 1. The first-order chi connectivity index (χ1) is 13.7. The van der Waals surface area contributed by atoms with Crippen LogP contribution in [0.3, 0.4) is 0 Å². The lowest BCUT2D eigenvalue weighted by atomic mass is 10.0. The fourth-order valence-electron chi connectivity index (χ4n) is 3.38. The van der Waals surface area contributed by atoms with E-state index in [1.54, 1.807) is 49.1 Å². The maximum absolute atomic E-state index is 14.5. The summed E-state index contributed by atoms with van der Waals surface area (Å²) in [7, 11) is 1.48. The van der Waals surface area contributed by atoms with Crippen molar-refractivity contribution in [3.8, 4) is 17.6 Å². The Morgan fingerprint density at radius 3 is 2.41 bits per heavy atom. The molecule has 1 amide bonds. The van der Waals surface area contributed by atoms with Crippen LogP contribution in [0.2, 0.25) is 0 Å². The van der Waals surface area contributed by atoms with E-state index >= 15 is 0 Å². The first kappa shape index (κ1) is 20.5. The molecule has 1 aliphatic heterocycles. The molecule has 152 valence electrons. The number of hydrogen-bond donors (Lipinski definition) is 0. The van der Waals surface area contributed by atoms with Crippen LogP contribution < -0.4 is 19.3 Å². The Kier molecular flexibility index (Phi) is 5.38. The van der Waals surface area contributed by atoms with Gasteiger partial charge >= 0.3 is 0 Å². The molecule has 0 aromatic heterocycles. The Morgan fingerprint density at radius 2 is 1.83 bits per heavy atom. The maximum atomic E-state index is 14.5. The van der Waals surface area contributed by atoms with Gasteiger partial charge in [0.25, 0.3) is 5.91 Å². The fourth-order valence-corrected chi connectivity index (χ4v) is 3.38. The Morgan fingerprint density at radius 1 is 1.14 bits per heavy atom. The molecule has 1 saturated heterocycles. The monoisotopic (exact) mass is 397 g/mol. The average molecular weight is 397 g/mol. The Hall–Kier alpha value is -3.27. The lowest BCUT2D eigenvalue weighted by molar-refractivity contribution is -0.120. The topological polar surface area (TPSA) is 65.8 Å². The minimum Gasteiger partial charge on any atom is -0.495 e. The van der Waals surface area contributed by atoms with E-state index in [0.717, 1.165) is 0 Å². The summed E-state index contributed by atoms with van der Waals surface area (Å²) in [6.45, 7) is 7.50. The molecular formula is C22H24FN3O3. The van der Waals surface area contributed by atoms with Gasteiger partial charge in [0.15, 0.2) is 11.6 Å². The number of amides is 1. The molecular weight excluding hydrogens is 373 g/mol. The van der Waals surface area contributed by atoms with Crippen molar-refractivity contribution in [2.75, 3.05) is 23.6 Å². The Labute approximate surface area is 170 Å². The summed E-state index contributed by atoms with van der Waals surface area (Å²) in [5.74, 6) is -0.0267. The standard InChI is InChI=1S/C22H24FN3O3/c1-14(2)29-19-9-8-17(10-18(19)23)26-13-25(21(27)22(26,3)4)16-7-6-15(12-24)20(11-16)28-5/h6-11,14H,13H2,1-5H3.